The van der Waals surface area contributed by atoms with Crippen molar-refractivity contribution in [3.63, 3.8) is 0 Å². The van der Waals surface area contributed by atoms with Crippen LogP contribution in [0.5, 0.6) is 0 Å². The van der Waals surface area contributed by atoms with Gasteiger partial charge in [-0.25, -0.2) is 4.98 Å². The summed E-state index contributed by atoms with van der Waals surface area (Å²) in [7, 11) is 1.71. The smallest absolute Gasteiger partial charge is 0.273 e. The van der Waals surface area contributed by atoms with Gasteiger partial charge in [0, 0.05) is 30.2 Å². The number of thiocarbonyl (C=S) groups is 1. The normalized spacial score (nSPS) is 11.9. The summed E-state index contributed by atoms with van der Waals surface area (Å²) in [5, 5.41) is 0. The number of carbonyl (C=O) groups is 1. The molecule has 1 rings (SSSR count). The van der Waals surface area contributed by atoms with Gasteiger partial charge in [0.15, 0.2) is 0 Å². The van der Waals surface area contributed by atoms with E-state index < -0.39 is 0 Å². The third-order valence-corrected chi connectivity index (χ3v) is 3.38. The summed E-state index contributed by atoms with van der Waals surface area (Å²) in [4.78, 5) is 18.1. The fourth-order valence-corrected chi connectivity index (χ4v) is 1.81. The molecular formula is C11H14BrN3OS. The molecule has 1 aromatic heterocycles. The molecule has 1 aromatic rings. The van der Waals surface area contributed by atoms with E-state index in [0.29, 0.717) is 21.7 Å². The molecule has 4 nitrogen and oxygen atoms in total. The van der Waals surface area contributed by atoms with Gasteiger partial charge in [0.2, 0.25) is 0 Å². The quantitative estimate of drug-likeness (QED) is 0.861. The predicted molar refractivity (Wildman–Crippen MR) is 74.8 cm³/mol. The Labute approximate surface area is 114 Å². The monoisotopic (exact) mass is 315 g/mol. The number of nitrogens with two attached hydrogens (primary N) is 1. The minimum atomic E-state index is -0.152. The molecule has 0 spiro atoms. The number of hydrogen-bond acceptors (Lipinski definition) is 3. The van der Waals surface area contributed by atoms with Gasteiger partial charge in [0.1, 0.15) is 5.69 Å². The molecule has 0 aliphatic carbocycles. The average Bonchev–Trinajstić information content (AvgIpc) is 2.28. The van der Waals surface area contributed by atoms with Gasteiger partial charge in [-0.15, -0.1) is 0 Å². The van der Waals surface area contributed by atoms with Gasteiger partial charge in [0.25, 0.3) is 5.91 Å². The van der Waals surface area contributed by atoms with Gasteiger partial charge in [0.05, 0.1) is 4.99 Å². The number of rotatable bonds is 4. The Hall–Kier alpha value is -1.01. The first-order valence-corrected chi connectivity index (χ1v) is 6.29. The second-order valence-electron chi connectivity index (χ2n) is 3.82. The van der Waals surface area contributed by atoms with Crippen molar-refractivity contribution in [2.45, 2.75) is 6.92 Å². The summed E-state index contributed by atoms with van der Waals surface area (Å²) in [6.07, 6.45) is 1.59. The summed E-state index contributed by atoms with van der Waals surface area (Å²) in [5.41, 5.74) is 5.92. The van der Waals surface area contributed by atoms with Crippen molar-refractivity contribution in [3.05, 3.63) is 28.5 Å². The summed E-state index contributed by atoms with van der Waals surface area (Å²) in [6.45, 7) is 2.37. The highest BCUT2D eigenvalue weighted by Crippen LogP contribution is 2.15. The highest BCUT2D eigenvalue weighted by atomic mass is 79.9. The second-order valence-corrected chi connectivity index (χ2v) is 5.15. The molecule has 0 saturated heterocycles. The molecule has 1 amide bonds. The first-order valence-electron chi connectivity index (χ1n) is 5.08. The highest BCUT2D eigenvalue weighted by molar-refractivity contribution is 9.10. The lowest BCUT2D eigenvalue weighted by molar-refractivity contribution is 0.0780. The minimum Gasteiger partial charge on any atom is -0.393 e. The van der Waals surface area contributed by atoms with Gasteiger partial charge in [-0.1, -0.05) is 19.1 Å². The molecule has 0 saturated carbocycles. The minimum absolute atomic E-state index is 0.0126. The highest BCUT2D eigenvalue weighted by Gasteiger charge is 2.18. The van der Waals surface area contributed by atoms with Crippen LogP contribution >= 0.6 is 28.1 Å². The van der Waals surface area contributed by atoms with E-state index >= 15 is 0 Å². The van der Waals surface area contributed by atoms with Gasteiger partial charge in [-0.2, -0.15) is 0 Å². The van der Waals surface area contributed by atoms with E-state index in [-0.39, 0.29) is 11.8 Å². The van der Waals surface area contributed by atoms with Gasteiger partial charge >= 0.3 is 0 Å². The van der Waals surface area contributed by atoms with Crippen LogP contribution in [0.4, 0.5) is 0 Å². The molecule has 0 aliphatic rings. The Balaban J connectivity index is 2.77. The number of nitrogens with zero attached hydrogens (tertiary/aromatic N) is 2. The third-order valence-electron chi connectivity index (χ3n) is 2.34. The van der Waals surface area contributed by atoms with Gasteiger partial charge in [-0.3, -0.25) is 4.79 Å². The summed E-state index contributed by atoms with van der Waals surface area (Å²) in [6, 6.07) is 3.55. The number of pyridine rings is 1. The Morgan fingerprint density at radius 3 is 2.88 bits per heavy atom. The molecule has 0 aliphatic heterocycles. The fourth-order valence-electron chi connectivity index (χ4n) is 1.31. The third kappa shape index (κ3) is 3.74. The Kier molecular flexibility index (Phi) is 5.02. The van der Waals surface area contributed by atoms with Crippen molar-refractivity contribution in [1.82, 2.24) is 9.88 Å². The zero-order chi connectivity index (χ0) is 13.0. The van der Waals surface area contributed by atoms with Gasteiger partial charge < -0.3 is 10.6 Å². The van der Waals surface area contributed by atoms with Crippen LogP contribution in [0.25, 0.3) is 0 Å². The maximum atomic E-state index is 12.1. The molecule has 1 heterocycles. The largest absolute Gasteiger partial charge is 0.393 e. The predicted octanol–water partition coefficient (Wildman–Crippen LogP) is 1.84. The summed E-state index contributed by atoms with van der Waals surface area (Å²) >= 11 is 8.18. The lowest BCUT2D eigenvalue weighted by Crippen LogP contribution is -2.35. The molecule has 6 heteroatoms. The van der Waals surface area contributed by atoms with Gasteiger partial charge in [-0.05, 0) is 28.1 Å². The molecule has 0 bridgehead atoms. The Morgan fingerprint density at radius 1 is 1.71 bits per heavy atom. The maximum Gasteiger partial charge on any atom is 0.273 e. The number of aromatic nitrogens is 1. The van der Waals surface area contributed by atoms with E-state index in [2.05, 4.69) is 20.9 Å². The molecule has 0 radical (unpaired) electrons. The molecule has 17 heavy (non-hydrogen) atoms. The van der Waals surface area contributed by atoms with Crippen LogP contribution < -0.4 is 5.73 Å². The maximum absolute atomic E-state index is 12.1. The fraction of sp³-hybridized carbons (Fsp3) is 0.364. The van der Waals surface area contributed by atoms with Crippen LogP contribution in [0.1, 0.15) is 17.4 Å². The average molecular weight is 316 g/mol. The van der Waals surface area contributed by atoms with Crippen LogP contribution in [-0.2, 0) is 0 Å². The summed E-state index contributed by atoms with van der Waals surface area (Å²) in [5.74, 6) is -0.165. The van der Waals surface area contributed by atoms with Crippen LogP contribution in [0.2, 0.25) is 0 Å². The first kappa shape index (κ1) is 14.1. The van der Waals surface area contributed by atoms with Crippen LogP contribution in [0.3, 0.4) is 0 Å². The van der Waals surface area contributed by atoms with Crippen molar-refractivity contribution in [2.24, 2.45) is 11.7 Å². The Morgan fingerprint density at radius 2 is 2.35 bits per heavy atom. The number of halogens is 1. The SMILES string of the molecule is CC(CN(C)C(=O)c1ncccc1Br)C(N)=S. The standard InChI is InChI=1S/C11H14BrN3OS/c1-7(10(13)17)6-15(2)11(16)9-8(12)4-3-5-14-9/h3-5,7H,6H2,1-2H3,(H2,13,17). The summed E-state index contributed by atoms with van der Waals surface area (Å²) < 4.78 is 0.680. The zero-order valence-electron chi connectivity index (χ0n) is 9.68. The molecule has 0 fully saturated rings. The first-order chi connectivity index (χ1) is 7.93. The number of hydrogen-bond donors (Lipinski definition) is 1. The van der Waals surface area contributed by atoms with Crippen LogP contribution in [0.15, 0.2) is 22.8 Å². The van der Waals surface area contributed by atoms with Crippen molar-refractivity contribution in [1.29, 1.82) is 0 Å². The lowest BCUT2D eigenvalue weighted by Gasteiger charge is -2.20. The number of amides is 1. The van der Waals surface area contributed by atoms with Crippen LogP contribution in [0, 0.1) is 5.92 Å². The molecule has 92 valence electrons. The van der Waals surface area contributed by atoms with Crippen molar-refractivity contribution in [3.8, 4) is 0 Å². The second kappa shape index (κ2) is 6.07. The van der Waals surface area contributed by atoms with E-state index in [4.69, 9.17) is 18.0 Å². The van der Waals surface area contributed by atoms with E-state index in [9.17, 15) is 4.79 Å². The number of carbonyl (C=O) groups excluding carboxylic acids is 1. The zero-order valence-corrected chi connectivity index (χ0v) is 12.1. The molecule has 1 unspecified atom stereocenters. The molecule has 2 N–H and O–H groups in total. The van der Waals surface area contributed by atoms with E-state index in [0.717, 1.165) is 0 Å². The van der Waals surface area contributed by atoms with E-state index in [1.165, 1.54) is 0 Å². The van der Waals surface area contributed by atoms with Crippen molar-refractivity contribution >= 4 is 39.0 Å². The van der Waals surface area contributed by atoms with E-state index in [1.807, 2.05) is 6.92 Å². The topological polar surface area (TPSA) is 59.2 Å². The lowest BCUT2D eigenvalue weighted by atomic mass is 10.1. The van der Waals surface area contributed by atoms with Crippen molar-refractivity contribution < 1.29 is 4.79 Å². The van der Waals surface area contributed by atoms with Crippen LogP contribution in [-0.4, -0.2) is 34.4 Å². The van der Waals surface area contributed by atoms with Crippen molar-refractivity contribution in [2.75, 3.05) is 13.6 Å². The van der Waals surface area contributed by atoms with E-state index in [1.54, 1.807) is 30.3 Å². The molecule has 1 atom stereocenters. The molecular weight excluding hydrogens is 302 g/mol. The Bertz CT molecular complexity index is 438. The molecule has 0 aromatic carbocycles.